The largest absolute Gasteiger partial charge is 0.372 e. The number of benzene rings is 1. The molecule has 1 aliphatic heterocycles. The van der Waals surface area contributed by atoms with Crippen molar-refractivity contribution in [3.63, 3.8) is 0 Å². The number of morpholine rings is 1. The van der Waals surface area contributed by atoms with E-state index in [0.29, 0.717) is 12.0 Å². The number of amides is 1. The quantitative estimate of drug-likeness (QED) is 0.762. The molecule has 0 saturated carbocycles. The maximum atomic E-state index is 13.9. The smallest absolute Gasteiger partial charge is 0.225 e. The summed E-state index contributed by atoms with van der Waals surface area (Å²) in [6, 6.07) is 6.47. The van der Waals surface area contributed by atoms with E-state index in [-0.39, 0.29) is 41.8 Å². The number of hydrogen-bond acceptors (Lipinski definition) is 5. The van der Waals surface area contributed by atoms with E-state index in [0.717, 1.165) is 43.1 Å². The van der Waals surface area contributed by atoms with E-state index in [9.17, 15) is 9.18 Å². The first-order valence-electron chi connectivity index (χ1n) is 11.5. The number of nitrogens with one attached hydrogen (secondary N) is 1. The maximum absolute atomic E-state index is 13.9. The average Bonchev–Trinajstić information content (AvgIpc) is 2.71. The Balaban J connectivity index is 1.48. The van der Waals surface area contributed by atoms with Crippen molar-refractivity contribution in [1.29, 1.82) is 0 Å². The number of aryl methyl sites for hydroxylation is 1. The molecule has 1 fully saturated rings. The molecule has 2 heterocycles. The Labute approximate surface area is 189 Å². The number of anilines is 1. The van der Waals surface area contributed by atoms with Gasteiger partial charge < -0.3 is 15.0 Å². The molecule has 6 nitrogen and oxygen atoms in total. The predicted octanol–water partition coefficient (Wildman–Crippen LogP) is 3.99. The third-order valence-corrected chi connectivity index (χ3v) is 6.28. The Bertz CT molecular complexity index is 970. The monoisotopic (exact) mass is 440 g/mol. The topological polar surface area (TPSA) is 67.4 Å². The van der Waals surface area contributed by atoms with Crippen molar-refractivity contribution < 1.29 is 13.9 Å². The number of carbonyl (C=O) groups excluding carboxylic acids is 1. The number of nitrogens with zero attached hydrogens (tertiary/aromatic N) is 3. The molecule has 172 valence electrons. The fourth-order valence-corrected chi connectivity index (χ4v) is 4.87. The normalized spacial score (nSPS) is 24.7. The highest BCUT2D eigenvalue weighted by Crippen LogP contribution is 2.40. The number of carbonyl (C=O) groups is 1. The van der Waals surface area contributed by atoms with Gasteiger partial charge in [0.25, 0.3) is 0 Å². The third kappa shape index (κ3) is 5.26. The van der Waals surface area contributed by atoms with Gasteiger partial charge in [-0.1, -0.05) is 32.0 Å². The van der Waals surface area contributed by atoms with Crippen LogP contribution in [0.15, 0.2) is 30.5 Å². The van der Waals surface area contributed by atoms with Crippen molar-refractivity contribution in [3.8, 4) is 0 Å². The van der Waals surface area contributed by atoms with Crippen LogP contribution in [-0.4, -0.2) is 41.2 Å². The Morgan fingerprint density at radius 1 is 1.25 bits per heavy atom. The van der Waals surface area contributed by atoms with Crippen molar-refractivity contribution in [2.75, 3.05) is 18.0 Å². The Kier molecular flexibility index (Phi) is 6.47. The van der Waals surface area contributed by atoms with Crippen molar-refractivity contribution in [2.45, 2.75) is 71.6 Å². The van der Waals surface area contributed by atoms with Gasteiger partial charge in [0.05, 0.1) is 23.9 Å². The van der Waals surface area contributed by atoms with E-state index in [1.165, 1.54) is 6.07 Å². The Morgan fingerprint density at radius 2 is 1.97 bits per heavy atom. The molecule has 0 unspecified atom stereocenters. The molecule has 0 bridgehead atoms. The molecular formula is C25H33FN4O2. The lowest BCUT2D eigenvalue weighted by molar-refractivity contribution is -0.122. The second kappa shape index (κ2) is 9.14. The summed E-state index contributed by atoms with van der Waals surface area (Å²) in [6.45, 7) is 10.1. The summed E-state index contributed by atoms with van der Waals surface area (Å²) in [5.41, 5.74) is 2.56. The van der Waals surface area contributed by atoms with Gasteiger partial charge in [-0.05, 0) is 50.2 Å². The SMILES string of the molecule is C[C@@H]1CN(c2ncc3c(n2)CC(C)(C)C[C@H]3NC(=O)CCc2ccccc2F)C[C@@H](C)O1. The van der Waals surface area contributed by atoms with E-state index in [4.69, 9.17) is 9.72 Å². The van der Waals surface area contributed by atoms with Gasteiger partial charge in [0.1, 0.15) is 5.82 Å². The van der Waals surface area contributed by atoms with Crippen LogP contribution in [0.5, 0.6) is 0 Å². The van der Waals surface area contributed by atoms with Gasteiger partial charge in [0.2, 0.25) is 11.9 Å². The van der Waals surface area contributed by atoms with E-state index < -0.39 is 0 Å². The molecule has 32 heavy (non-hydrogen) atoms. The molecule has 1 aromatic carbocycles. The van der Waals surface area contributed by atoms with Gasteiger partial charge in [-0.15, -0.1) is 0 Å². The second-order valence-electron chi connectivity index (χ2n) is 9.99. The fraction of sp³-hybridized carbons (Fsp3) is 0.560. The zero-order valence-corrected chi connectivity index (χ0v) is 19.4. The van der Waals surface area contributed by atoms with Crippen molar-refractivity contribution >= 4 is 11.9 Å². The molecule has 2 aliphatic rings. The number of fused-ring (bicyclic) bond motifs is 1. The van der Waals surface area contributed by atoms with Crippen LogP contribution in [0.2, 0.25) is 0 Å². The highest BCUT2D eigenvalue weighted by Gasteiger charge is 2.35. The van der Waals surface area contributed by atoms with Gasteiger partial charge in [-0.3, -0.25) is 4.79 Å². The van der Waals surface area contributed by atoms with Crippen molar-refractivity contribution in [1.82, 2.24) is 15.3 Å². The molecule has 1 aliphatic carbocycles. The first kappa shape index (κ1) is 22.6. The second-order valence-corrected chi connectivity index (χ2v) is 9.99. The molecule has 1 aromatic heterocycles. The van der Waals surface area contributed by atoms with Crippen LogP contribution in [0.3, 0.4) is 0 Å². The van der Waals surface area contributed by atoms with Gasteiger partial charge in [0, 0.05) is 31.3 Å². The summed E-state index contributed by atoms with van der Waals surface area (Å²) in [5.74, 6) is 0.381. The van der Waals surface area contributed by atoms with Crippen LogP contribution in [0.25, 0.3) is 0 Å². The van der Waals surface area contributed by atoms with E-state index >= 15 is 0 Å². The minimum Gasteiger partial charge on any atom is -0.372 e. The first-order valence-corrected chi connectivity index (χ1v) is 11.5. The third-order valence-electron chi connectivity index (χ3n) is 6.28. The predicted molar refractivity (Wildman–Crippen MR) is 122 cm³/mol. The molecule has 1 amide bonds. The molecule has 0 spiro atoms. The summed E-state index contributed by atoms with van der Waals surface area (Å²) >= 11 is 0. The summed E-state index contributed by atoms with van der Waals surface area (Å²) in [6.07, 6.45) is 4.43. The van der Waals surface area contributed by atoms with Crippen LogP contribution < -0.4 is 10.2 Å². The van der Waals surface area contributed by atoms with E-state index in [1.54, 1.807) is 18.2 Å². The lowest BCUT2D eigenvalue weighted by atomic mass is 9.74. The number of halogens is 1. The van der Waals surface area contributed by atoms with Gasteiger partial charge in [0.15, 0.2) is 0 Å². The van der Waals surface area contributed by atoms with Crippen molar-refractivity contribution in [3.05, 3.63) is 53.1 Å². The number of aromatic nitrogens is 2. The number of hydrogen-bond donors (Lipinski definition) is 1. The fourth-order valence-electron chi connectivity index (χ4n) is 4.87. The number of ether oxygens (including phenoxy) is 1. The summed E-state index contributed by atoms with van der Waals surface area (Å²) in [4.78, 5) is 24.5. The molecule has 2 aromatic rings. The maximum Gasteiger partial charge on any atom is 0.225 e. The summed E-state index contributed by atoms with van der Waals surface area (Å²) in [5, 5.41) is 3.16. The molecular weight excluding hydrogens is 407 g/mol. The zero-order chi connectivity index (χ0) is 22.9. The molecule has 1 saturated heterocycles. The lowest BCUT2D eigenvalue weighted by Gasteiger charge is -2.38. The zero-order valence-electron chi connectivity index (χ0n) is 19.4. The minimum atomic E-state index is -0.267. The molecule has 4 rings (SSSR count). The van der Waals surface area contributed by atoms with Gasteiger partial charge in [-0.25, -0.2) is 14.4 Å². The number of rotatable bonds is 5. The van der Waals surface area contributed by atoms with E-state index in [2.05, 4.69) is 42.9 Å². The van der Waals surface area contributed by atoms with Crippen LogP contribution in [0, 0.1) is 11.2 Å². The van der Waals surface area contributed by atoms with Crippen LogP contribution in [-0.2, 0) is 22.4 Å². The molecule has 0 radical (unpaired) electrons. The van der Waals surface area contributed by atoms with Crippen molar-refractivity contribution in [2.24, 2.45) is 5.41 Å². The molecule has 3 atom stereocenters. The lowest BCUT2D eigenvalue weighted by Crippen LogP contribution is -2.46. The molecule has 1 N–H and O–H groups in total. The van der Waals surface area contributed by atoms with Crippen LogP contribution in [0.1, 0.15) is 63.4 Å². The van der Waals surface area contributed by atoms with Gasteiger partial charge in [-0.2, -0.15) is 0 Å². The average molecular weight is 441 g/mol. The summed E-state index contributed by atoms with van der Waals surface area (Å²) < 4.78 is 19.7. The Morgan fingerprint density at radius 3 is 2.69 bits per heavy atom. The highest BCUT2D eigenvalue weighted by atomic mass is 19.1. The standard InChI is InChI=1S/C25H33FN4O2/c1-16-14-30(15-17(2)32-16)24-27-13-19-21(11-25(3,4)12-22(19)29-24)28-23(31)10-9-18-7-5-6-8-20(18)26/h5-8,13,16-17,21H,9-12,14-15H2,1-4H3,(H,28,31)/t16-,17-,21-/m1/s1. The van der Waals surface area contributed by atoms with E-state index in [1.807, 2.05) is 6.20 Å². The van der Waals surface area contributed by atoms with Gasteiger partial charge >= 0.3 is 0 Å². The minimum absolute atomic E-state index is 0.00764. The van der Waals surface area contributed by atoms with Crippen LogP contribution in [0.4, 0.5) is 10.3 Å². The summed E-state index contributed by atoms with van der Waals surface area (Å²) in [7, 11) is 0. The van der Waals surface area contributed by atoms with Crippen LogP contribution >= 0.6 is 0 Å². The first-order chi connectivity index (χ1) is 15.2. The highest BCUT2D eigenvalue weighted by molar-refractivity contribution is 5.76. The Hall–Kier alpha value is -2.54. The molecule has 7 heteroatoms.